The third kappa shape index (κ3) is 5.07. The van der Waals surface area contributed by atoms with Crippen molar-refractivity contribution in [3.8, 4) is 0 Å². The highest BCUT2D eigenvalue weighted by Gasteiger charge is 2.80. The first-order valence-electron chi connectivity index (χ1n) is 12.9. The number of halogens is 5. The average molecular weight is 694 g/mol. The van der Waals surface area contributed by atoms with Gasteiger partial charge in [-0.15, -0.1) is 0 Å². The second kappa shape index (κ2) is 11.2. The van der Waals surface area contributed by atoms with Gasteiger partial charge in [0.25, 0.3) is 5.60 Å². The molecule has 0 radical (unpaired) electrons. The van der Waals surface area contributed by atoms with E-state index in [1.54, 1.807) is 6.92 Å². The van der Waals surface area contributed by atoms with Gasteiger partial charge in [-0.25, -0.2) is 27.2 Å². The summed E-state index contributed by atoms with van der Waals surface area (Å²) in [5.41, 5.74) is -7.69. The smallest absolute Gasteiger partial charge is 0.356 e. The molecule has 3 fully saturated rings. The van der Waals surface area contributed by atoms with Crippen molar-refractivity contribution in [1.82, 2.24) is 0 Å². The average Bonchev–Trinajstić information content (AvgIpc) is 3.11. The molecule has 42 heavy (non-hydrogen) atoms. The molecule has 4 aliphatic rings. The maximum atomic E-state index is 17.6. The maximum Gasteiger partial charge on any atom is 0.356 e. The van der Waals surface area contributed by atoms with Gasteiger partial charge in [-0.3, -0.25) is 4.79 Å². The fourth-order valence-electron chi connectivity index (χ4n) is 7.57. The van der Waals surface area contributed by atoms with E-state index in [2.05, 4.69) is 0 Å². The van der Waals surface area contributed by atoms with Crippen molar-refractivity contribution < 1.29 is 51.3 Å². The van der Waals surface area contributed by atoms with Crippen LogP contribution in [0.5, 0.6) is 0 Å². The molecule has 0 spiro atoms. The summed E-state index contributed by atoms with van der Waals surface area (Å²) in [7, 11) is -3.93. The molecule has 0 bridgehead atoms. The summed E-state index contributed by atoms with van der Waals surface area (Å²) in [6.45, 7) is 2.99. The van der Waals surface area contributed by atoms with Crippen LogP contribution in [0, 0.1) is 22.7 Å². The molecule has 0 aromatic carbocycles. The van der Waals surface area contributed by atoms with Gasteiger partial charge in [0.05, 0.1) is 6.10 Å². The van der Waals surface area contributed by atoms with Crippen molar-refractivity contribution in [1.29, 1.82) is 0 Å². The van der Waals surface area contributed by atoms with E-state index in [1.165, 1.54) is 25.2 Å². The van der Waals surface area contributed by atoms with E-state index >= 15 is 4.39 Å². The molecule has 0 amide bonds. The Hall–Kier alpha value is -1.44. The van der Waals surface area contributed by atoms with Crippen LogP contribution in [0.15, 0.2) is 23.8 Å². The number of rotatable bonds is 7. The molecule has 1 N–H and O–H groups in total. The topological polar surface area (TPSA) is 150 Å². The third-order valence-corrected chi connectivity index (χ3v) is 10.6. The Labute approximate surface area is 261 Å². The van der Waals surface area contributed by atoms with Gasteiger partial charge in [0.15, 0.2) is 33.3 Å². The minimum absolute atomic E-state index is 0.0979. The van der Waals surface area contributed by atoms with Crippen LogP contribution in [0.2, 0.25) is 0 Å². The number of allylic oxidation sites excluding steroid dienone is 4. The second-order valence-electron chi connectivity index (χ2n) is 11.7. The molecule has 0 unspecified atom stereocenters. The molecular formula is C26H29Cl4FO10S. The van der Waals surface area contributed by atoms with Gasteiger partial charge < -0.3 is 19.3 Å². The lowest BCUT2D eigenvalue weighted by Crippen LogP contribution is -2.70. The van der Waals surface area contributed by atoms with Crippen LogP contribution in [-0.2, 0) is 43.2 Å². The van der Waals surface area contributed by atoms with Gasteiger partial charge >= 0.3 is 17.9 Å². The lowest BCUT2D eigenvalue weighted by Gasteiger charge is -2.62. The molecule has 10 nitrogen and oxygen atoms in total. The highest BCUT2D eigenvalue weighted by molar-refractivity contribution is 7.90. The Morgan fingerprint density at radius 1 is 1.12 bits per heavy atom. The highest BCUT2D eigenvalue weighted by atomic mass is 35.5. The highest BCUT2D eigenvalue weighted by Crippen LogP contribution is 2.70. The lowest BCUT2D eigenvalue weighted by molar-refractivity contribution is -0.240. The monoisotopic (exact) mass is 692 g/mol. The van der Waals surface area contributed by atoms with Crippen LogP contribution in [-0.4, -0.2) is 82.6 Å². The zero-order valence-corrected chi connectivity index (χ0v) is 26.5. The predicted molar refractivity (Wildman–Crippen MR) is 149 cm³/mol. The molecule has 16 heteroatoms. The summed E-state index contributed by atoms with van der Waals surface area (Å²) < 4.78 is 57.6. The normalized spacial score (nSPS) is 39.2. The van der Waals surface area contributed by atoms with Crippen molar-refractivity contribution >= 4 is 79.9 Å². The van der Waals surface area contributed by atoms with Crippen molar-refractivity contribution in [2.75, 3.05) is 12.2 Å². The molecule has 234 valence electrons. The Balaban J connectivity index is 1.92. The summed E-state index contributed by atoms with van der Waals surface area (Å²) >= 11 is 22.9. The standard InChI is InChI=1S/C26H29Cl4FO10S/c1-23-7-6-13(32)8-12(23)4-5-14-15-9-17(40-20(34)18(27)28)26(41-21(35)19(29)30,22(36)39-11-42(3,37)38)24(15,2)10-16(33)25(14,23)31/h6-8,14-19,33H,4-5,9-11H2,1-3H3/t14-,15-,16-,17+,23-,24-,25-,26-/m0/s1. The molecule has 4 rings (SSSR count). The summed E-state index contributed by atoms with van der Waals surface area (Å²) in [6, 6.07) is 0. The number of ketones is 1. The Morgan fingerprint density at radius 2 is 1.74 bits per heavy atom. The summed E-state index contributed by atoms with van der Waals surface area (Å²) in [4.78, 5) is 48.0. The summed E-state index contributed by atoms with van der Waals surface area (Å²) in [5, 5.41) is 11.6. The minimum Gasteiger partial charge on any atom is -0.455 e. The maximum absolute atomic E-state index is 17.6. The Morgan fingerprint density at radius 3 is 2.31 bits per heavy atom. The van der Waals surface area contributed by atoms with Crippen molar-refractivity contribution in [3.05, 3.63) is 23.8 Å². The lowest BCUT2D eigenvalue weighted by atomic mass is 9.45. The molecule has 0 heterocycles. The zero-order valence-electron chi connectivity index (χ0n) is 22.7. The zero-order chi connectivity index (χ0) is 31.6. The molecule has 0 saturated heterocycles. The van der Waals surface area contributed by atoms with E-state index in [4.69, 9.17) is 60.6 Å². The molecule has 3 saturated carbocycles. The first-order valence-corrected chi connectivity index (χ1v) is 16.7. The number of sulfone groups is 1. The van der Waals surface area contributed by atoms with Crippen molar-refractivity contribution in [2.24, 2.45) is 22.7 Å². The van der Waals surface area contributed by atoms with Crippen LogP contribution in [0.1, 0.15) is 39.5 Å². The van der Waals surface area contributed by atoms with Gasteiger partial charge in [-0.1, -0.05) is 65.0 Å². The van der Waals surface area contributed by atoms with Crippen LogP contribution < -0.4 is 0 Å². The van der Waals surface area contributed by atoms with E-state index in [0.29, 0.717) is 5.57 Å². The fourth-order valence-corrected chi connectivity index (χ4v) is 8.08. The molecule has 8 atom stereocenters. The van der Waals surface area contributed by atoms with Gasteiger partial charge in [-0.05, 0) is 50.7 Å². The third-order valence-electron chi connectivity index (χ3n) is 9.38. The van der Waals surface area contributed by atoms with Crippen molar-refractivity contribution in [3.63, 3.8) is 0 Å². The van der Waals surface area contributed by atoms with Crippen molar-refractivity contribution in [2.45, 2.75) is 72.7 Å². The Bertz CT molecular complexity index is 1370. The largest absolute Gasteiger partial charge is 0.455 e. The van der Waals surface area contributed by atoms with Crippen LogP contribution in [0.3, 0.4) is 0 Å². The van der Waals surface area contributed by atoms with Gasteiger partial charge in [0.1, 0.15) is 0 Å². The molecule has 0 aromatic heterocycles. The number of hydrogen-bond acceptors (Lipinski definition) is 10. The van der Waals surface area contributed by atoms with Gasteiger partial charge in [0, 0.05) is 23.0 Å². The molecule has 4 aliphatic carbocycles. The number of fused-ring (bicyclic) bond motifs is 5. The van der Waals surface area contributed by atoms with Crippen LogP contribution in [0.4, 0.5) is 4.39 Å². The van der Waals surface area contributed by atoms with E-state index in [0.717, 1.165) is 6.26 Å². The van der Waals surface area contributed by atoms with E-state index < -0.39 is 95.9 Å². The number of ether oxygens (including phenoxy) is 3. The van der Waals surface area contributed by atoms with E-state index in [1.807, 2.05) is 0 Å². The Kier molecular flexibility index (Phi) is 8.90. The van der Waals surface area contributed by atoms with Crippen LogP contribution in [0.25, 0.3) is 0 Å². The molecule has 0 aliphatic heterocycles. The van der Waals surface area contributed by atoms with E-state index in [-0.39, 0.29) is 25.0 Å². The number of carbonyl (C=O) groups excluding carboxylic acids is 4. The SMILES string of the molecule is C[C@]12C=CC(=O)C=C1CC[C@H]1[C@@H]3C[C@@H](OC(=O)C(Cl)Cl)[C@](OC(=O)C(Cl)Cl)(C(=O)OCS(C)(=O)=O)[C@@]3(C)C[C@H](O)[C@@]12F. The van der Waals surface area contributed by atoms with E-state index in [9.17, 15) is 32.7 Å². The fraction of sp³-hybridized carbons (Fsp3) is 0.692. The minimum atomic E-state index is -3.93. The summed E-state index contributed by atoms with van der Waals surface area (Å²) in [6.07, 6.45) is 0.721. The first kappa shape index (κ1) is 33.5. The quantitative estimate of drug-likeness (QED) is 0.239. The molecule has 0 aromatic rings. The first-order chi connectivity index (χ1) is 19.2. The number of hydrogen-bond donors (Lipinski definition) is 1. The van der Waals surface area contributed by atoms with Crippen LogP contribution >= 0.6 is 46.4 Å². The van der Waals surface area contributed by atoms with Gasteiger partial charge in [-0.2, -0.15) is 0 Å². The number of esters is 3. The summed E-state index contributed by atoms with van der Waals surface area (Å²) in [5.74, 6) is -7.50. The number of alkyl halides is 5. The number of aliphatic hydroxyl groups excluding tert-OH is 1. The predicted octanol–water partition coefficient (Wildman–Crippen LogP) is 3.31. The second-order valence-corrected chi connectivity index (χ2v) is 15.9. The molecular weight excluding hydrogens is 665 g/mol. The number of carbonyl (C=O) groups is 4. The van der Waals surface area contributed by atoms with Gasteiger partial charge in [0.2, 0.25) is 9.67 Å². The number of aliphatic hydroxyl groups is 1.